The number of anilines is 2. The Labute approximate surface area is 138 Å². The van der Waals surface area contributed by atoms with Crippen LogP contribution in [0.5, 0.6) is 0 Å². The van der Waals surface area contributed by atoms with Crippen LogP contribution in [0.1, 0.15) is 11.4 Å². The van der Waals surface area contributed by atoms with Gasteiger partial charge in [0.05, 0.1) is 0 Å². The molecule has 4 aromatic rings. The number of aryl methyl sites for hydroxylation is 2. The summed E-state index contributed by atoms with van der Waals surface area (Å²) in [5, 5.41) is 4.88. The summed E-state index contributed by atoms with van der Waals surface area (Å²) in [6.07, 6.45) is 0. The maximum absolute atomic E-state index is 6.10. The van der Waals surface area contributed by atoms with E-state index in [9.17, 15) is 0 Å². The third-order valence-electron chi connectivity index (χ3n) is 3.67. The van der Waals surface area contributed by atoms with Crippen LogP contribution in [0.3, 0.4) is 0 Å². The van der Waals surface area contributed by atoms with Gasteiger partial charge in [0.1, 0.15) is 16.9 Å². The first-order chi connectivity index (χ1) is 11.1. The monoisotopic (exact) mass is 323 g/mol. The summed E-state index contributed by atoms with van der Waals surface area (Å²) in [5.74, 6) is 1.33. The molecular weight excluding hydrogens is 310 g/mol. The zero-order valence-electron chi connectivity index (χ0n) is 12.7. The molecule has 0 amide bonds. The molecule has 0 saturated heterocycles. The van der Waals surface area contributed by atoms with Gasteiger partial charge in [-0.05, 0) is 49.7 Å². The van der Waals surface area contributed by atoms with Gasteiger partial charge in [0, 0.05) is 16.1 Å². The molecule has 0 bridgehead atoms. The zero-order valence-corrected chi connectivity index (χ0v) is 13.5. The number of nitrogens with one attached hydrogen (secondary N) is 1. The van der Waals surface area contributed by atoms with Crippen LogP contribution in [0, 0.1) is 13.8 Å². The van der Waals surface area contributed by atoms with Gasteiger partial charge in [-0.1, -0.05) is 23.7 Å². The van der Waals surface area contributed by atoms with E-state index in [2.05, 4.69) is 34.3 Å². The van der Waals surface area contributed by atoms with E-state index in [0.29, 0.717) is 22.2 Å². The molecule has 0 aliphatic rings. The highest BCUT2D eigenvalue weighted by Crippen LogP contribution is 2.33. The van der Waals surface area contributed by atoms with Crippen LogP contribution < -0.4 is 5.32 Å². The maximum atomic E-state index is 6.10. The fraction of sp³-hybridized carbons (Fsp3) is 0.111. The van der Waals surface area contributed by atoms with Crippen molar-refractivity contribution < 1.29 is 4.42 Å². The molecule has 4 nitrogen and oxygen atoms in total. The molecule has 23 heavy (non-hydrogen) atoms. The summed E-state index contributed by atoms with van der Waals surface area (Å²) >= 11 is 6.10. The predicted octanol–water partition coefficient (Wildman–Crippen LogP) is 5.39. The smallest absolute Gasteiger partial charge is 0.196 e. The van der Waals surface area contributed by atoms with Crippen molar-refractivity contribution in [1.29, 1.82) is 0 Å². The van der Waals surface area contributed by atoms with Crippen LogP contribution in [0.2, 0.25) is 5.02 Å². The standard InChI is InChI=1S/C18H14ClN3O/c1-10-4-3-5-13(8-10)22-18-17-16(20-11(2)21-18)14-9-12(19)6-7-15(14)23-17/h3-9H,1-2H3,(H,20,21,22). The Kier molecular flexibility index (Phi) is 3.20. The van der Waals surface area contributed by atoms with Crippen LogP contribution in [0.4, 0.5) is 11.5 Å². The molecule has 0 fully saturated rings. The molecule has 0 radical (unpaired) electrons. The van der Waals surface area contributed by atoms with Gasteiger partial charge in [-0.2, -0.15) is 0 Å². The van der Waals surface area contributed by atoms with E-state index in [-0.39, 0.29) is 0 Å². The highest BCUT2D eigenvalue weighted by atomic mass is 35.5. The Balaban J connectivity index is 1.94. The normalized spacial score (nSPS) is 11.3. The molecule has 0 unspecified atom stereocenters. The molecule has 1 N–H and O–H groups in total. The second-order valence-corrected chi connectivity index (χ2v) is 5.97. The van der Waals surface area contributed by atoms with Crippen molar-refractivity contribution in [2.24, 2.45) is 0 Å². The highest BCUT2D eigenvalue weighted by molar-refractivity contribution is 6.31. The summed E-state index contributed by atoms with van der Waals surface area (Å²) in [6, 6.07) is 13.6. The van der Waals surface area contributed by atoms with Crippen molar-refractivity contribution in [1.82, 2.24) is 9.97 Å². The first kappa shape index (κ1) is 14.0. The maximum Gasteiger partial charge on any atom is 0.196 e. The topological polar surface area (TPSA) is 51.0 Å². The second-order valence-electron chi connectivity index (χ2n) is 5.53. The number of halogens is 1. The Bertz CT molecular complexity index is 1040. The molecule has 0 aliphatic heterocycles. The number of rotatable bonds is 2. The Morgan fingerprint density at radius 1 is 1.04 bits per heavy atom. The predicted molar refractivity (Wildman–Crippen MR) is 93.5 cm³/mol. The van der Waals surface area contributed by atoms with Crippen molar-refractivity contribution in [2.45, 2.75) is 13.8 Å². The van der Waals surface area contributed by atoms with E-state index < -0.39 is 0 Å². The largest absolute Gasteiger partial charge is 0.450 e. The number of nitrogens with zero attached hydrogens (tertiary/aromatic N) is 2. The third kappa shape index (κ3) is 2.51. The van der Waals surface area contributed by atoms with Crippen molar-refractivity contribution in [3.63, 3.8) is 0 Å². The molecule has 0 aliphatic carbocycles. The number of furan rings is 1. The summed E-state index contributed by atoms with van der Waals surface area (Å²) in [6.45, 7) is 3.92. The number of aromatic nitrogens is 2. The zero-order chi connectivity index (χ0) is 16.0. The van der Waals surface area contributed by atoms with E-state index in [1.54, 1.807) is 6.07 Å². The Morgan fingerprint density at radius 3 is 2.74 bits per heavy atom. The lowest BCUT2D eigenvalue weighted by molar-refractivity contribution is 0.666. The average Bonchev–Trinajstić information content (AvgIpc) is 2.85. The van der Waals surface area contributed by atoms with E-state index in [1.807, 2.05) is 31.2 Å². The van der Waals surface area contributed by atoms with Gasteiger partial charge in [-0.3, -0.25) is 0 Å². The molecule has 2 aromatic carbocycles. The number of fused-ring (bicyclic) bond motifs is 3. The summed E-state index contributed by atoms with van der Waals surface area (Å²) < 4.78 is 5.95. The number of hydrogen-bond acceptors (Lipinski definition) is 4. The summed E-state index contributed by atoms with van der Waals surface area (Å²) in [5.41, 5.74) is 4.28. The van der Waals surface area contributed by atoms with Crippen LogP contribution in [0.15, 0.2) is 46.9 Å². The molecule has 2 aromatic heterocycles. The molecule has 114 valence electrons. The molecule has 0 atom stereocenters. The van der Waals surface area contributed by atoms with Crippen LogP contribution in [-0.2, 0) is 0 Å². The fourth-order valence-electron chi connectivity index (χ4n) is 2.67. The number of benzene rings is 2. The second kappa shape index (κ2) is 5.25. The van der Waals surface area contributed by atoms with Gasteiger partial charge < -0.3 is 9.73 Å². The van der Waals surface area contributed by atoms with Gasteiger partial charge in [-0.25, -0.2) is 9.97 Å². The quantitative estimate of drug-likeness (QED) is 0.537. The molecule has 0 spiro atoms. The van der Waals surface area contributed by atoms with Gasteiger partial charge in [0.15, 0.2) is 11.4 Å². The minimum Gasteiger partial charge on any atom is -0.450 e. The van der Waals surface area contributed by atoms with Gasteiger partial charge >= 0.3 is 0 Å². The minimum absolute atomic E-state index is 0.634. The summed E-state index contributed by atoms with van der Waals surface area (Å²) in [7, 11) is 0. The SMILES string of the molecule is Cc1cccc(Nc2nc(C)nc3c2oc2ccc(Cl)cc23)c1. The molecule has 2 heterocycles. The van der Waals surface area contributed by atoms with Crippen LogP contribution in [-0.4, -0.2) is 9.97 Å². The molecular formula is C18H14ClN3O. The lowest BCUT2D eigenvalue weighted by Gasteiger charge is -2.07. The molecule has 5 heteroatoms. The van der Waals surface area contributed by atoms with Crippen LogP contribution >= 0.6 is 11.6 Å². The third-order valence-corrected chi connectivity index (χ3v) is 3.90. The lowest BCUT2D eigenvalue weighted by atomic mass is 10.2. The van der Waals surface area contributed by atoms with E-state index in [4.69, 9.17) is 16.0 Å². The van der Waals surface area contributed by atoms with Crippen LogP contribution in [0.25, 0.3) is 22.1 Å². The Morgan fingerprint density at radius 2 is 1.91 bits per heavy atom. The highest BCUT2D eigenvalue weighted by Gasteiger charge is 2.15. The minimum atomic E-state index is 0.634. The first-order valence-corrected chi connectivity index (χ1v) is 7.68. The molecule has 0 saturated carbocycles. The van der Waals surface area contributed by atoms with Crippen molar-refractivity contribution in [3.05, 3.63) is 58.9 Å². The lowest BCUT2D eigenvalue weighted by Crippen LogP contribution is -1.98. The number of hydrogen-bond donors (Lipinski definition) is 1. The van der Waals surface area contributed by atoms with Gasteiger partial charge in [0.25, 0.3) is 0 Å². The average molecular weight is 324 g/mol. The van der Waals surface area contributed by atoms with Crippen molar-refractivity contribution in [3.8, 4) is 0 Å². The van der Waals surface area contributed by atoms with Gasteiger partial charge in [-0.15, -0.1) is 0 Å². The fourth-order valence-corrected chi connectivity index (χ4v) is 2.84. The van der Waals surface area contributed by atoms with Gasteiger partial charge in [0.2, 0.25) is 0 Å². The van der Waals surface area contributed by atoms with E-state index in [1.165, 1.54) is 5.56 Å². The van der Waals surface area contributed by atoms with Crippen molar-refractivity contribution in [2.75, 3.05) is 5.32 Å². The van der Waals surface area contributed by atoms with Crippen molar-refractivity contribution >= 4 is 45.2 Å². The van der Waals surface area contributed by atoms with E-state index >= 15 is 0 Å². The first-order valence-electron chi connectivity index (χ1n) is 7.30. The van der Waals surface area contributed by atoms with E-state index in [0.717, 1.165) is 22.2 Å². The molecule has 4 rings (SSSR count). The Hall–Kier alpha value is -2.59. The summed E-state index contributed by atoms with van der Waals surface area (Å²) in [4.78, 5) is 9.02.